The van der Waals surface area contributed by atoms with Crippen LogP contribution in [0.3, 0.4) is 0 Å². The van der Waals surface area contributed by atoms with E-state index in [0.29, 0.717) is 0 Å². The zero-order chi connectivity index (χ0) is 13.7. The van der Waals surface area contributed by atoms with E-state index in [1.807, 2.05) is 5.38 Å². The van der Waals surface area contributed by atoms with Gasteiger partial charge in [-0.05, 0) is 12.8 Å². The highest BCUT2D eigenvalue weighted by molar-refractivity contribution is 7.09. The van der Waals surface area contributed by atoms with Crippen molar-refractivity contribution in [3.8, 4) is 0 Å². The van der Waals surface area contributed by atoms with Crippen molar-refractivity contribution in [2.75, 3.05) is 13.1 Å². The molecule has 21 heavy (non-hydrogen) atoms. The number of hydrogen-bond donors (Lipinski definition) is 3. The van der Waals surface area contributed by atoms with Crippen molar-refractivity contribution in [1.29, 1.82) is 0 Å². The molecule has 9 heteroatoms. The smallest absolute Gasteiger partial charge is 0.240 e. The molecule has 0 radical (unpaired) electrons. The van der Waals surface area contributed by atoms with Crippen molar-refractivity contribution in [1.82, 2.24) is 15.6 Å². The van der Waals surface area contributed by atoms with E-state index < -0.39 is 0 Å². The zero-order valence-electron chi connectivity index (χ0n) is 11.5. The van der Waals surface area contributed by atoms with Gasteiger partial charge in [0.25, 0.3) is 0 Å². The average molecular weight is 355 g/mol. The number of carbonyl (C=O) groups excluding carboxylic acids is 2. The lowest BCUT2D eigenvalue weighted by Gasteiger charge is -2.28. The molecule has 0 bridgehead atoms. The van der Waals surface area contributed by atoms with Crippen LogP contribution >= 0.6 is 36.2 Å². The van der Waals surface area contributed by atoms with E-state index in [-0.39, 0.29) is 55.3 Å². The number of thiazole rings is 1. The van der Waals surface area contributed by atoms with Crippen LogP contribution in [0.25, 0.3) is 0 Å². The predicted octanol–water partition coefficient (Wildman–Crippen LogP) is 0.947. The van der Waals surface area contributed by atoms with Crippen molar-refractivity contribution in [2.45, 2.75) is 31.2 Å². The monoisotopic (exact) mass is 354 g/mol. The van der Waals surface area contributed by atoms with Crippen molar-refractivity contribution in [3.05, 3.63) is 16.6 Å². The molecule has 0 unspecified atom stereocenters. The first kappa shape index (κ1) is 20.1. The number of hydrogen-bond acceptors (Lipinski definition) is 5. The first-order valence-electron chi connectivity index (χ1n) is 6.34. The lowest BCUT2D eigenvalue weighted by Crippen LogP contribution is -2.48. The quantitative estimate of drug-likeness (QED) is 0.733. The molecule has 2 rings (SSSR count). The SMILES string of the molecule is Cl.Cl.NCC(=O)NCC(=O)NC1(c2nccs2)CCCC1. The van der Waals surface area contributed by atoms with Gasteiger partial charge in [-0.2, -0.15) is 0 Å². The number of nitrogens with zero attached hydrogens (tertiary/aromatic N) is 1. The van der Waals surface area contributed by atoms with Crippen LogP contribution in [0, 0.1) is 0 Å². The summed E-state index contributed by atoms with van der Waals surface area (Å²) >= 11 is 1.56. The normalized spacial score (nSPS) is 15.5. The van der Waals surface area contributed by atoms with Gasteiger partial charge in [0.1, 0.15) is 5.01 Å². The summed E-state index contributed by atoms with van der Waals surface area (Å²) in [7, 11) is 0. The minimum Gasteiger partial charge on any atom is -0.346 e. The van der Waals surface area contributed by atoms with E-state index in [2.05, 4.69) is 15.6 Å². The molecule has 0 atom stereocenters. The Morgan fingerprint density at radius 2 is 1.95 bits per heavy atom. The number of rotatable bonds is 5. The van der Waals surface area contributed by atoms with Crippen molar-refractivity contribution >= 4 is 48.0 Å². The number of nitrogens with two attached hydrogens (primary N) is 1. The third-order valence-corrected chi connectivity index (χ3v) is 4.29. The molecule has 0 aromatic carbocycles. The summed E-state index contributed by atoms with van der Waals surface area (Å²) in [6, 6.07) is 0. The molecule has 1 aliphatic carbocycles. The molecule has 1 aromatic heterocycles. The molecule has 4 N–H and O–H groups in total. The second-order valence-electron chi connectivity index (χ2n) is 4.66. The van der Waals surface area contributed by atoms with Gasteiger partial charge in [-0.1, -0.05) is 12.8 Å². The number of nitrogens with one attached hydrogen (secondary N) is 2. The lowest BCUT2D eigenvalue weighted by molar-refractivity contribution is -0.126. The number of aromatic nitrogens is 1. The highest BCUT2D eigenvalue weighted by Gasteiger charge is 2.39. The Kier molecular flexibility index (Phi) is 8.80. The predicted molar refractivity (Wildman–Crippen MR) is 87.0 cm³/mol. The average Bonchev–Trinajstić information content (AvgIpc) is 3.07. The highest BCUT2D eigenvalue weighted by Crippen LogP contribution is 2.39. The highest BCUT2D eigenvalue weighted by atomic mass is 35.5. The molecule has 1 aromatic rings. The maximum Gasteiger partial charge on any atom is 0.240 e. The van der Waals surface area contributed by atoms with Gasteiger partial charge in [0.2, 0.25) is 11.8 Å². The largest absolute Gasteiger partial charge is 0.346 e. The van der Waals surface area contributed by atoms with E-state index in [4.69, 9.17) is 5.73 Å². The third kappa shape index (κ3) is 5.10. The molecule has 2 amide bonds. The Bertz CT molecular complexity index is 450. The van der Waals surface area contributed by atoms with Gasteiger partial charge in [-0.25, -0.2) is 4.98 Å². The minimum atomic E-state index is -0.349. The summed E-state index contributed by atoms with van der Waals surface area (Å²) < 4.78 is 0. The Hall–Kier alpha value is -0.890. The van der Waals surface area contributed by atoms with Crippen LogP contribution in [-0.2, 0) is 15.1 Å². The van der Waals surface area contributed by atoms with Gasteiger partial charge in [0.05, 0.1) is 18.6 Å². The van der Waals surface area contributed by atoms with Crippen LogP contribution in [0.5, 0.6) is 0 Å². The fraction of sp³-hybridized carbons (Fsp3) is 0.583. The molecule has 1 fully saturated rings. The molecule has 1 aliphatic rings. The van der Waals surface area contributed by atoms with Gasteiger partial charge in [0.15, 0.2) is 0 Å². The fourth-order valence-electron chi connectivity index (χ4n) is 2.39. The van der Waals surface area contributed by atoms with Crippen LogP contribution in [0.15, 0.2) is 11.6 Å². The number of amides is 2. The topological polar surface area (TPSA) is 97.1 Å². The minimum absolute atomic E-state index is 0. The second-order valence-corrected chi connectivity index (χ2v) is 5.55. The number of halogens is 2. The maximum atomic E-state index is 11.9. The summed E-state index contributed by atoms with van der Waals surface area (Å²) in [6.07, 6.45) is 5.71. The summed E-state index contributed by atoms with van der Waals surface area (Å²) in [6.45, 7) is -0.145. The molecule has 6 nitrogen and oxygen atoms in total. The van der Waals surface area contributed by atoms with E-state index >= 15 is 0 Å². The summed E-state index contributed by atoms with van der Waals surface area (Å²) in [4.78, 5) is 27.3. The molecule has 1 saturated carbocycles. The molecular formula is C12H20Cl2N4O2S. The van der Waals surface area contributed by atoms with E-state index in [1.165, 1.54) is 0 Å². The molecule has 0 aliphatic heterocycles. The van der Waals surface area contributed by atoms with Crippen LogP contribution in [0.4, 0.5) is 0 Å². The molecule has 120 valence electrons. The van der Waals surface area contributed by atoms with E-state index in [0.717, 1.165) is 30.7 Å². The number of carbonyl (C=O) groups is 2. The Labute approximate surface area is 140 Å². The lowest BCUT2D eigenvalue weighted by atomic mass is 9.98. The van der Waals surface area contributed by atoms with Crippen molar-refractivity contribution in [3.63, 3.8) is 0 Å². The first-order valence-corrected chi connectivity index (χ1v) is 7.22. The molecule has 0 saturated heterocycles. The summed E-state index contributed by atoms with van der Waals surface area (Å²) in [5.41, 5.74) is 4.82. The van der Waals surface area contributed by atoms with Gasteiger partial charge in [-0.15, -0.1) is 36.2 Å². The fourth-order valence-corrected chi connectivity index (χ4v) is 3.25. The second kappa shape index (κ2) is 9.19. The third-order valence-electron chi connectivity index (χ3n) is 3.31. The summed E-state index contributed by atoms with van der Waals surface area (Å²) in [5, 5.41) is 8.37. The van der Waals surface area contributed by atoms with Gasteiger partial charge >= 0.3 is 0 Å². The Balaban J connectivity index is 0.00000200. The van der Waals surface area contributed by atoms with E-state index in [9.17, 15) is 9.59 Å². The van der Waals surface area contributed by atoms with Crippen molar-refractivity contribution in [2.24, 2.45) is 5.73 Å². The van der Waals surface area contributed by atoms with E-state index in [1.54, 1.807) is 17.5 Å². The van der Waals surface area contributed by atoms with Crippen molar-refractivity contribution < 1.29 is 9.59 Å². The summed E-state index contributed by atoms with van der Waals surface area (Å²) in [5.74, 6) is -0.524. The maximum absolute atomic E-state index is 11.9. The zero-order valence-corrected chi connectivity index (χ0v) is 13.9. The van der Waals surface area contributed by atoms with Crippen LogP contribution in [0.2, 0.25) is 0 Å². The van der Waals surface area contributed by atoms with Crippen LogP contribution in [0.1, 0.15) is 30.7 Å². The Morgan fingerprint density at radius 3 is 2.48 bits per heavy atom. The standard InChI is InChI=1S/C12H18N4O2S.2ClH/c13-7-9(17)15-8-10(18)16-12(3-1-2-4-12)11-14-5-6-19-11;;/h5-6H,1-4,7-8,13H2,(H,15,17)(H,16,18);2*1H. The molecule has 1 heterocycles. The van der Waals surface area contributed by atoms with Gasteiger partial charge in [-0.3, -0.25) is 9.59 Å². The van der Waals surface area contributed by atoms with Gasteiger partial charge in [0, 0.05) is 11.6 Å². The molecule has 0 spiro atoms. The van der Waals surface area contributed by atoms with Crippen LogP contribution in [-0.4, -0.2) is 29.9 Å². The van der Waals surface area contributed by atoms with Gasteiger partial charge < -0.3 is 16.4 Å². The first-order chi connectivity index (χ1) is 9.16. The Morgan fingerprint density at radius 1 is 1.29 bits per heavy atom. The van der Waals surface area contributed by atoms with Crippen LogP contribution < -0.4 is 16.4 Å². The molecular weight excluding hydrogens is 335 g/mol.